The number of aromatic nitrogens is 4. The molecule has 0 spiro atoms. The van der Waals surface area contributed by atoms with Crippen LogP contribution in [0.25, 0.3) is 5.65 Å². The maximum atomic E-state index is 14.4. The van der Waals surface area contributed by atoms with Crippen molar-refractivity contribution in [3.63, 3.8) is 0 Å². The molecule has 2 aromatic heterocycles. The van der Waals surface area contributed by atoms with Crippen LogP contribution in [0.2, 0.25) is 0 Å². The van der Waals surface area contributed by atoms with Gasteiger partial charge in [0.05, 0.1) is 17.3 Å². The molecular formula is C20H20FN7. The SMILES string of the molecule is N#Cc1ccc(N2CCCC(Nc3ccc4nnc(C5CC5)n4n3)C2)c(F)c1. The van der Waals surface area contributed by atoms with E-state index in [1.807, 2.05) is 27.6 Å². The lowest BCUT2D eigenvalue weighted by atomic mass is 10.0. The fraction of sp³-hybridized carbons (Fsp3) is 0.400. The Balaban J connectivity index is 1.34. The van der Waals surface area contributed by atoms with E-state index in [-0.39, 0.29) is 11.9 Å². The van der Waals surface area contributed by atoms with Crippen molar-refractivity contribution in [3.8, 4) is 6.07 Å². The van der Waals surface area contributed by atoms with E-state index in [1.165, 1.54) is 6.07 Å². The minimum absolute atomic E-state index is 0.162. The number of benzene rings is 1. The summed E-state index contributed by atoms with van der Waals surface area (Å²) < 4.78 is 16.2. The van der Waals surface area contributed by atoms with E-state index >= 15 is 0 Å². The molecule has 0 amide bonds. The smallest absolute Gasteiger partial charge is 0.178 e. The van der Waals surface area contributed by atoms with Crippen LogP contribution in [0.5, 0.6) is 0 Å². The van der Waals surface area contributed by atoms with E-state index in [4.69, 9.17) is 5.26 Å². The average molecular weight is 377 g/mol. The van der Waals surface area contributed by atoms with Gasteiger partial charge in [0.25, 0.3) is 0 Å². The minimum atomic E-state index is -0.349. The summed E-state index contributed by atoms with van der Waals surface area (Å²) in [6, 6.07) is 10.6. The molecule has 5 rings (SSSR count). The van der Waals surface area contributed by atoms with Gasteiger partial charge in [-0.25, -0.2) is 4.39 Å². The highest BCUT2D eigenvalue weighted by atomic mass is 19.1. The lowest BCUT2D eigenvalue weighted by Crippen LogP contribution is -2.42. The van der Waals surface area contributed by atoms with Crippen molar-refractivity contribution in [1.82, 2.24) is 19.8 Å². The van der Waals surface area contributed by atoms with Crippen LogP contribution < -0.4 is 10.2 Å². The molecule has 7 nitrogen and oxygen atoms in total. The maximum absolute atomic E-state index is 14.4. The quantitative estimate of drug-likeness (QED) is 0.752. The molecule has 2 aliphatic rings. The van der Waals surface area contributed by atoms with Gasteiger partial charge < -0.3 is 10.2 Å². The van der Waals surface area contributed by atoms with Crippen LogP contribution in [0.3, 0.4) is 0 Å². The predicted molar refractivity (Wildman–Crippen MR) is 103 cm³/mol. The van der Waals surface area contributed by atoms with Crippen molar-refractivity contribution in [2.24, 2.45) is 0 Å². The standard InChI is InChI=1S/C20H20FN7/c21-16-10-13(11-22)3-6-17(16)27-9-1-2-15(12-27)23-18-7-8-19-24-25-20(14-4-5-14)28(19)26-18/h3,6-8,10,14-15H,1-2,4-5,9,12H2,(H,23,26). The minimum Gasteiger partial charge on any atom is -0.367 e. The first-order valence-electron chi connectivity index (χ1n) is 9.65. The number of nitrogens with one attached hydrogen (secondary N) is 1. The van der Waals surface area contributed by atoms with Crippen LogP contribution in [-0.4, -0.2) is 38.9 Å². The second-order valence-corrected chi connectivity index (χ2v) is 7.53. The second kappa shape index (κ2) is 6.75. The van der Waals surface area contributed by atoms with Gasteiger partial charge in [-0.2, -0.15) is 9.78 Å². The summed E-state index contributed by atoms with van der Waals surface area (Å²) >= 11 is 0. The number of nitriles is 1. The third kappa shape index (κ3) is 3.13. The van der Waals surface area contributed by atoms with E-state index in [1.54, 1.807) is 12.1 Å². The molecule has 1 aliphatic carbocycles. The summed E-state index contributed by atoms with van der Waals surface area (Å²) in [6.07, 6.45) is 4.24. The Hall–Kier alpha value is -3.21. The number of anilines is 2. The van der Waals surface area contributed by atoms with E-state index in [0.717, 1.165) is 49.5 Å². The van der Waals surface area contributed by atoms with Gasteiger partial charge in [0, 0.05) is 25.0 Å². The summed E-state index contributed by atoms with van der Waals surface area (Å²) in [6.45, 7) is 1.48. The molecular weight excluding hydrogens is 357 g/mol. The van der Waals surface area contributed by atoms with Gasteiger partial charge in [-0.1, -0.05) is 0 Å². The highest BCUT2D eigenvalue weighted by Gasteiger charge is 2.29. The number of hydrogen-bond donors (Lipinski definition) is 1. The highest BCUT2D eigenvalue weighted by Crippen LogP contribution is 2.38. The number of halogens is 1. The van der Waals surface area contributed by atoms with Gasteiger partial charge in [0.15, 0.2) is 11.5 Å². The Labute approximate surface area is 161 Å². The normalized spacial score (nSPS) is 19.6. The van der Waals surface area contributed by atoms with E-state index in [2.05, 4.69) is 20.6 Å². The van der Waals surface area contributed by atoms with Crippen molar-refractivity contribution in [3.05, 3.63) is 47.5 Å². The Bertz CT molecular complexity index is 1070. The molecule has 0 bridgehead atoms. The van der Waals surface area contributed by atoms with Gasteiger partial charge in [0.1, 0.15) is 11.6 Å². The third-order valence-electron chi connectivity index (χ3n) is 5.42. The molecule has 28 heavy (non-hydrogen) atoms. The van der Waals surface area contributed by atoms with Crippen LogP contribution in [0, 0.1) is 17.1 Å². The molecule has 3 heterocycles. The fourth-order valence-corrected chi connectivity index (χ4v) is 3.83. The Kier molecular flexibility index (Phi) is 4.08. The molecule has 1 aliphatic heterocycles. The zero-order chi connectivity index (χ0) is 19.1. The van der Waals surface area contributed by atoms with Gasteiger partial charge in [-0.3, -0.25) is 0 Å². The Morgan fingerprint density at radius 2 is 2.04 bits per heavy atom. The van der Waals surface area contributed by atoms with Gasteiger partial charge in [0.2, 0.25) is 0 Å². The largest absolute Gasteiger partial charge is 0.367 e. The number of piperidine rings is 1. The molecule has 1 saturated carbocycles. The number of hydrogen-bond acceptors (Lipinski definition) is 6. The molecule has 8 heteroatoms. The van der Waals surface area contributed by atoms with Gasteiger partial charge in [-0.05, 0) is 56.0 Å². The monoisotopic (exact) mass is 377 g/mol. The highest BCUT2D eigenvalue weighted by molar-refractivity contribution is 5.52. The predicted octanol–water partition coefficient (Wildman–Crippen LogP) is 3.09. The topological polar surface area (TPSA) is 82.1 Å². The molecule has 1 N–H and O–H groups in total. The van der Waals surface area contributed by atoms with Gasteiger partial charge >= 0.3 is 0 Å². The molecule has 1 saturated heterocycles. The van der Waals surface area contributed by atoms with Gasteiger partial charge in [-0.15, -0.1) is 15.3 Å². The first-order valence-corrected chi connectivity index (χ1v) is 9.65. The zero-order valence-corrected chi connectivity index (χ0v) is 15.3. The summed E-state index contributed by atoms with van der Waals surface area (Å²) in [7, 11) is 0. The molecule has 1 atom stereocenters. The summed E-state index contributed by atoms with van der Waals surface area (Å²) in [5, 5.41) is 25.6. The third-order valence-corrected chi connectivity index (χ3v) is 5.42. The Morgan fingerprint density at radius 1 is 1.14 bits per heavy atom. The molecule has 0 radical (unpaired) electrons. The average Bonchev–Trinajstić information content (AvgIpc) is 3.47. The molecule has 3 aromatic rings. The van der Waals surface area contributed by atoms with Crippen LogP contribution in [0.15, 0.2) is 30.3 Å². The van der Waals surface area contributed by atoms with Crippen molar-refractivity contribution < 1.29 is 4.39 Å². The number of nitrogens with zero attached hydrogens (tertiary/aromatic N) is 6. The fourth-order valence-electron chi connectivity index (χ4n) is 3.83. The van der Waals surface area contributed by atoms with Crippen molar-refractivity contribution in [1.29, 1.82) is 5.26 Å². The van der Waals surface area contributed by atoms with E-state index < -0.39 is 0 Å². The summed E-state index contributed by atoms with van der Waals surface area (Å²) in [4.78, 5) is 2.03. The second-order valence-electron chi connectivity index (χ2n) is 7.53. The van der Waals surface area contributed by atoms with Crippen LogP contribution in [-0.2, 0) is 0 Å². The molecule has 1 unspecified atom stereocenters. The molecule has 142 valence electrons. The molecule has 1 aromatic carbocycles. The van der Waals surface area contributed by atoms with Crippen molar-refractivity contribution in [2.75, 3.05) is 23.3 Å². The lowest BCUT2D eigenvalue weighted by Gasteiger charge is -2.35. The zero-order valence-electron chi connectivity index (χ0n) is 15.3. The number of fused-ring (bicyclic) bond motifs is 1. The van der Waals surface area contributed by atoms with E-state index in [0.29, 0.717) is 23.7 Å². The van der Waals surface area contributed by atoms with E-state index in [9.17, 15) is 4.39 Å². The first-order chi connectivity index (χ1) is 13.7. The first kappa shape index (κ1) is 16.9. The van der Waals surface area contributed by atoms with Crippen LogP contribution >= 0.6 is 0 Å². The lowest BCUT2D eigenvalue weighted by molar-refractivity contribution is 0.517. The van der Waals surface area contributed by atoms with Crippen molar-refractivity contribution in [2.45, 2.75) is 37.6 Å². The van der Waals surface area contributed by atoms with Crippen LogP contribution in [0.1, 0.15) is 43.0 Å². The summed E-state index contributed by atoms with van der Waals surface area (Å²) in [5.41, 5.74) is 1.65. The Morgan fingerprint density at radius 3 is 2.82 bits per heavy atom. The molecule has 2 fully saturated rings. The van der Waals surface area contributed by atoms with Crippen LogP contribution in [0.4, 0.5) is 15.9 Å². The number of rotatable bonds is 4. The van der Waals surface area contributed by atoms with Crippen molar-refractivity contribution >= 4 is 17.2 Å². The summed E-state index contributed by atoms with van der Waals surface area (Å²) in [5.74, 6) is 1.84. The maximum Gasteiger partial charge on any atom is 0.178 e.